The van der Waals surface area contributed by atoms with Crippen molar-refractivity contribution in [2.24, 2.45) is 0 Å². The molecule has 8 heteroatoms. The van der Waals surface area contributed by atoms with Crippen LogP contribution in [0.1, 0.15) is 29.3 Å². The number of aromatic nitrogens is 2. The highest BCUT2D eigenvalue weighted by atomic mass is 32.2. The molecule has 0 aliphatic carbocycles. The third kappa shape index (κ3) is 3.91. The molecule has 0 bridgehead atoms. The van der Waals surface area contributed by atoms with Crippen molar-refractivity contribution < 1.29 is 12.9 Å². The normalized spacial score (nSPS) is 17.6. The van der Waals surface area contributed by atoms with E-state index in [1.165, 1.54) is 0 Å². The minimum absolute atomic E-state index is 0.210. The Kier molecular flexibility index (Phi) is 5.21. The highest BCUT2D eigenvalue weighted by Crippen LogP contribution is 2.24. The molecule has 25 heavy (non-hydrogen) atoms. The van der Waals surface area contributed by atoms with Crippen LogP contribution in [-0.2, 0) is 16.6 Å². The molecule has 7 nitrogen and oxygen atoms in total. The SMILES string of the molecule is Cc1cccc(CN2CCCN(S(=O)(=O)c3c(C)noc3C)CC2)n1. The van der Waals surface area contributed by atoms with Crippen molar-refractivity contribution in [3.63, 3.8) is 0 Å². The zero-order valence-electron chi connectivity index (χ0n) is 14.9. The van der Waals surface area contributed by atoms with Gasteiger partial charge in [-0.2, -0.15) is 4.31 Å². The molecule has 0 saturated carbocycles. The minimum atomic E-state index is -3.57. The molecule has 0 radical (unpaired) electrons. The second-order valence-corrected chi connectivity index (χ2v) is 8.33. The number of rotatable bonds is 4. The summed E-state index contributed by atoms with van der Waals surface area (Å²) < 4.78 is 32.5. The van der Waals surface area contributed by atoms with E-state index in [1.54, 1.807) is 18.2 Å². The van der Waals surface area contributed by atoms with Gasteiger partial charge < -0.3 is 4.52 Å². The van der Waals surface area contributed by atoms with Crippen molar-refractivity contribution >= 4 is 10.0 Å². The van der Waals surface area contributed by atoms with E-state index in [9.17, 15) is 8.42 Å². The number of sulfonamides is 1. The van der Waals surface area contributed by atoms with Crippen LogP contribution < -0.4 is 0 Å². The fourth-order valence-electron chi connectivity index (χ4n) is 3.23. The summed E-state index contributed by atoms with van der Waals surface area (Å²) in [5, 5.41) is 3.78. The van der Waals surface area contributed by atoms with E-state index in [0.29, 0.717) is 31.1 Å². The maximum absolute atomic E-state index is 12.9. The van der Waals surface area contributed by atoms with Gasteiger partial charge in [0.05, 0.1) is 5.69 Å². The maximum Gasteiger partial charge on any atom is 0.248 e. The molecule has 0 spiro atoms. The number of hydrogen-bond acceptors (Lipinski definition) is 6. The second-order valence-electron chi connectivity index (χ2n) is 6.46. The van der Waals surface area contributed by atoms with Gasteiger partial charge in [-0.05, 0) is 45.9 Å². The molecule has 0 unspecified atom stereocenters. The van der Waals surface area contributed by atoms with Gasteiger partial charge in [0.25, 0.3) is 0 Å². The highest BCUT2D eigenvalue weighted by Gasteiger charge is 2.32. The first-order valence-electron chi connectivity index (χ1n) is 8.46. The molecule has 2 aromatic rings. The van der Waals surface area contributed by atoms with Gasteiger partial charge in [0.2, 0.25) is 10.0 Å². The third-order valence-corrected chi connectivity index (χ3v) is 6.59. The predicted octanol–water partition coefficient (Wildman–Crippen LogP) is 1.89. The van der Waals surface area contributed by atoms with E-state index in [-0.39, 0.29) is 4.90 Å². The summed E-state index contributed by atoms with van der Waals surface area (Å²) in [4.78, 5) is 7.00. The van der Waals surface area contributed by atoms with Crippen molar-refractivity contribution in [2.75, 3.05) is 26.2 Å². The maximum atomic E-state index is 12.9. The van der Waals surface area contributed by atoms with Crippen LogP contribution in [0.15, 0.2) is 27.6 Å². The van der Waals surface area contributed by atoms with Crippen molar-refractivity contribution in [3.8, 4) is 0 Å². The van der Waals surface area contributed by atoms with Crippen molar-refractivity contribution in [3.05, 3.63) is 41.0 Å². The lowest BCUT2D eigenvalue weighted by Crippen LogP contribution is -2.35. The summed E-state index contributed by atoms with van der Waals surface area (Å²) in [5.41, 5.74) is 2.43. The Morgan fingerprint density at radius 3 is 2.60 bits per heavy atom. The second kappa shape index (κ2) is 7.23. The molecule has 0 N–H and O–H groups in total. The van der Waals surface area contributed by atoms with E-state index in [1.807, 2.05) is 25.1 Å². The molecule has 1 aliphatic rings. The number of nitrogens with zero attached hydrogens (tertiary/aromatic N) is 4. The van der Waals surface area contributed by atoms with Crippen molar-refractivity contribution in [1.29, 1.82) is 0 Å². The Bertz CT molecular complexity index is 828. The minimum Gasteiger partial charge on any atom is -0.360 e. The lowest BCUT2D eigenvalue weighted by Gasteiger charge is -2.21. The van der Waals surface area contributed by atoms with E-state index >= 15 is 0 Å². The van der Waals surface area contributed by atoms with E-state index in [2.05, 4.69) is 15.0 Å². The molecule has 1 aliphatic heterocycles. The summed E-state index contributed by atoms with van der Waals surface area (Å²) in [5.74, 6) is 0.350. The molecule has 2 aromatic heterocycles. The average Bonchev–Trinajstić information content (AvgIpc) is 2.75. The lowest BCUT2D eigenvalue weighted by atomic mass is 10.3. The molecule has 1 fully saturated rings. The molecule has 0 aromatic carbocycles. The molecular formula is C17H24N4O3S. The number of pyridine rings is 1. The molecule has 3 heterocycles. The highest BCUT2D eigenvalue weighted by molar-refractivity contribution is 7.89. The van der Waals surface area contributed by atoms with E-state index in [4.69, 9.17) is 4.52 Å². The molecular weight excluding hydrogens is 340 g/mol. The summed E-state index contributed by atoms with van der Waals surface area (Å²) in [6.07, 6.45) is 0.786. The van der Waals surface area contributed by atoms with Gasteiger partial charge in [-0.25, -0.2) is 8.42 Å². The first kappa shape index (κ1) is 18.0. The summed E-state index contributed by atoms with van der Waals surface area (Å²) in [6.45, 7) is 8.51. The fraction of sp³-hybridized carbons (Fsp3) is 0.529. The van der Waals surface area contributed by atoms with Gasteiger partial charge in [0.1, 0.15) is 10.6 Å². The molecule has 3 rings (SSSR count). The van der Waals surface area contributed by atoms with Crippen LogP contribution in [0.5, 0.6) is 0 Å². The van der Waals surface area contributed by atoms with E-state index in [0.717, 1.165) is 30.9 Å². The zero-order valence-corrected chi connectivity index (χ0v) is 15.7. The van der Waals surface area contributed by atoms with Crippen LogP contribution in [0.2, 0.25) is 0 Å². The largest absolute Gasteiger partial charge is 0.360 e. The topological polar surface area (TPSA) is 79.5 Å². The van der Waals surface area contributed by atoms with Crippen molar-refractivity contribution in [2.45, 2.75) is 38.6 Å². The zero-order chi connectivity index (χ0) is 18.0. The van der Waals surface area contributed by atoms with Crippen LogP contribution in [0.25, 0.3) is 0 Å². The van der Waals surface area contributed by atoms with Gasteiger partial charge in [0.15, 0.2) is 5.76 Å². The summed E-state index contributed by atoms with van der Waals surface area (Å²) in [7, 11) is -3.57. The Morgan fingerprint density at radius 1 is 1.12 bits per heavy atom. The molecule has 1 saturated heterocycles. The molecule has 0 amide bonds. The standard InChI is InChI=1S/C17H24N4O3S/c1-13-6-4-7-16(18-13)12-20-8-5-9-21(11-10-20)25(22,23)17-14(2)19-24-15(17)3/h4,6-7H,5,8-12H2,1-3H3. The van der Waals surface area contributed by atoms with Gasteiger partial charge in [-0.3, -0.25) is 9.88 Å². The van der Waals surface area contributed by atoms with Crippen molar-refractivity contribution in [1.82, 2.24) is 19.3 Å². The Hall–Kier alpha value is -1.77. The molecule has 136 valence electrons. The van der Waals surface area contributed by atoms with Crippen LogP contribution in [0, 0.1) is 20.8 Å². The van der Waals surface area contributed by atoms with Gasteiger partial charge in [-0.1, -0.05) is 11.2 Å². The van der Waals surface area contributed by atoms with Crippen LogP contribution in [-0.4, -0.2) is 53.9 Å². The summed E-state index contributed by atoms with van der Waals surface area (Å²) in [6, 6.07) is 5.99. The Morgan fingerprint density at radius 2 is 1.92 bits per heavy atom. The van der Waals surface area contributed by atoms with Gasteiger partial charge in [0, 0.05) is 31.9 Å². The van der Waals surface area contributed by atoms with Crippen LogP contribution in [0.4, 0.5) is 0 Å². The Balaban J connectivity index is 1.71. The quantitative estimate of drug-likeness (QED) is 0.824. The van der Waals surface area contributed by atoms with Gasteiger partial charge >= 0.3 is 0 Å². The monoisotopic (exact) mass is 364 g/mol. The smallest absolute Gasteiger partial charge is 0.248 e. The fourth-order valence-corrected chi connectivity index (χ4v) is 5.00. The average molecular weight is 364 g/mol. The predicted molar refractivity (Wildman–Crippen MR) is 93.6 cm³/mol. The van der Waals surface area contributed by atoms with Crippen LogP contribution in [0.3, 0.4) is 0 Å². The third-order valence-electron chi connectivity index (χ3n) is 4.44. The summed E-state index contributed by atoms with van der Waals surface area (Å²) >= 11 is 0. The first-order valence-corrected chi connectivity index (χ1v) is 9.90. The first-order chi connectivity index (χ1) is 11.9. The number of hydrogen-bond donors (Lipinski definition) is 0. The number of aryl methyl sites for hydroxylation is 3. The Labute approximate surface area is 148 Å². The van der Waals surface area contributed by atoms with Crippen LogP contribution >= 0.6 is 0 Å². The van der Waals surface area contributed by atoms with Gasteiger partial charge in [-0.15, -0.1) is 0 Å². The van der Waals surface area contributed by atoms with E-state index < -0.39 is 10.0 Å². The lowest BCUT2D eigenvalue weighted by molar-refractivity contribution is 0.275. The molecule has 0 atom stereocenters.